The van der Waals surface area contributed by atoms with Gasteiger partial charge in [-0.15, -0.1) is 0 Å². The fourth-order valence-corrected chi connectivity index (χ4v) is 6.34. The Kier molecular flexibility index (Phi) is 11.4. The summed E-state index contributed by atoms with van der Waals surface area (Å²) in [5, 5.41) is 9.23. The number of carbonyl (C=O) groups is 4. The molecule has 1 N–H and O–H groups in total. The summed E-state index contributed by atoms with van der Waals surface area (Å²) < 4.78 is 11.9. The lowest BCUT2D eigenvalue weighted by Crippen LogP contribution is -2.37. The quantitative estimate of drug-likeness (QED) is 0.0961. The van der Waals surface area contributed by atoms with Gasteiger partial charge in [-0.3, -0.25) is 24.1 Å². The molecule has 0 bridgehead atoms. The molecule has 1 unspecified atom stereocenters. The number of thiocarbonyl (C=S) groups is 1. The Morgan fingerprint density at radius 3 is 2.17 bits per heavy atom. The molecule has 244 valence electrons. The van der Waals surface area contributed by atoms with Gasteiger partial charge in [-0.05, 0) is 40.5 Å². The summed E-state index contributed by atoms with van der Waals surface area (Å²) in [5.41, 5.74) is 3.27. The molecule has 11 heteroatoms. The first-order valence-electron chi connectivity index (χ1n) is 15.0. The van der Waals surface area contributed by atoms with Gasteiger partial charge in [-0.2, -0.15) is 0 Å². The summed E-state index contributed by atoms with van der Waals surface area (Å²) in [6.45, 7) is 1.09. The molecule has 5 rings (SSSR count). The molecule has 4 aromatic rings. The van der Waals surface area contributed by atoms with Crippen molar-refractivity contribution in [2.24, 2.45) is 0 Å². The highest BCUT2D eigenvalue weighted by atomic mass is 32.2. The molecular formula is C37H32N2O7S2. The summed E-state index contributed by atoms with van der Waals surface area (Å²) >= 11 is 6.25. The van der Waals surface area contributed by atoms with Gasteiger partial charge in [0.2, 0.25) is 0 Å². The number of carboxylic acid groups (broad SMARTS) is 1. The lowest BCUT2D eigenvalue weighted by molar-refractivity contribution is -0.142. The molecule has 4 aromatic carbocycles. The third kappa shape index (κ3) is 8.75. The van der Waals surface area contributed by atoms with E-state index < -0.39 is 36.3 Å². The maximum atomic E-state index is 14.8. The van der Waals surface area contributed by atoms with E-state index in [2.05, 4.69) is 0 Å². The Balaban J connectivity index is 1.59. The second-order valence-corrected chi connectivity index (χ2v) is 12.5. The zero-order chi connectivity index (χ0) is 34.0. The minimum Gasteiger partial charge on any atom is -0.488 e. The molecule has 0 aliphatic carbocycles. The fraction of sp³-hybridized carbons (Fsp3) is 0.162. The third-order valence-electron chi connectivity index (χ3n) is 7.40. The minimum atomic E-state index is -1.18. The normalized spacial score (nSPS) is 14.1. The molecule has 1 heterocycles. The average molecular weight is 681 g/mol. The Hall–Kier alpha value is -5.26. The van der Waals surface area contributed by atoms with E-state index in [9.17, 15) is 24.3 Å². The van der Waals surface area contributed by atoms with Gasteiger partial charge in [0.25, 0.3) is 11.8 Å². The number of rotatable bonds is 13. The molecule has 0 aromatic heterocycles. The first kappa shape index (κ1) is 34.1. The zero-order valence-electron chi connectivity index (χ0n) is 26.0. The monoisotopic (exact) mass is 680 g/mol. The van der Waals surface area contributed by atoms with Crippen molar-refractivity contribution in [2.75, 3.05) is 13.2 Å². The number of amides is 2. The molecule has 1 atom stereocenters. The smallest absolute Gasteiger partial charge is 0.323 e. The molecule has 0 radical (unpaired) electrons. The number of ether oxygens (including phenoxy) is 2. The standard InChI is InChI=1S/C37H32N2O7S2/c1-25(40)45-24-31(29-15-9-4-10-16-29)38(21-26-11-5-2-6-12-26)35(43)30-19-28(17-18-32(30)46-23-27-13-7-3-8-14-27)20-33-36(44)39(22-34(41)42)37(47)48-33/h2-20,31H,21-24H2,1H3,(H,41,42)/b33-20-. The molecule has 1 aliphatic rings. The van der Waals surface area contributed by atoms with Crippen LogP contribution < -0.4 is 4.74 Å². The largest absolute Gasteiger partial charge is 0.488 e. The van der Waals surface area contributed by atoms with Gasteiger partial charge in [0.05, 0.1) is 16.5 Å². The van der Waals surface area contributed by atoms with Crippen LogP contribution in [0.2, 0.25) is 0 Å². The van der Waals surface area contributed by atoms with E-state index in [4.69, 9.17) is 21.7 Å². The second kappa shape index (κ2) is 16.0. The predicted molar refractivity (Wildman–Crippen MR) is 187 cm³/mol. The zero-order valence-corrected chi connectivity index (χ0v) is 27.6. The van der Waals surface area contributed by atoms with Crippen molar-refractivity contribution < 1.29 is 33.8 Å². The molecule has 0 spiro atoms. The number of esters is 1. The van der Waals surface area contributed by atoms with Gasteiger partial charge in [-0.1, -0.05) is 121 Å². The molecule has 2 amide bonds. The lowest BCUT2D eigenvalue weighted by atomic mass is 10.0. The van der Waals surface area contributed by atoms with Crippen LogP contribution in [0.1, 0.15) is 45.6 Å². The van der Waals surface area contributed by atoms with Crippen molar-refractivity contribution in [3.8, 4) is 5.75 Å². The van der Waals surface area contributed by atoms with Gasteiger partial charge >= 0.3 is 11.9 Å². The van der Waals surface area contributed by atoms with Crippen LogP contribution in [0.4, 0.5) is 0 Å². The van der Waals surface area contributed by atoms with Gasteiger partial charge in [-0.25, -0.2) is 0 Å². The lowest BCUT2D eigenvalue weighted by Gasteiger charge is -2.32. The third-order valence-corrected chi connectivity index (χ3v) is 8.78. The van der Waals surface area contributed by atoms with Crippen molar-refractivity contribution in [3.05, 3.63) is 142 Å². The number of carbonyl (C=O) groups excluding carboxylic acids is 3. The Morgan fingerprint density at radius 2 is 1.54 bits per heavy atom. The Labute approximate surface area is 287 Å². The van der Waals surface area contributed by atoms with Gasteiger partial charge < -0.3 is 19.5 Å². The van der Waals surface area contributed by atoms with Crippen LogP contribution >= 0.6 is 24.0 Å². The van der Waals surface area contributed by atoms with Crippen LogP contribution in [0, 0.1) is 0 Å². The van der Waals surface area contributed by atoms with E-state index in [-0.39, 0.29) is 34.5 Å². The Morgan fingerprint density at radius 1 is 0.917 bits per heavy atom. The molecule has 1 fully saturated rings. The van der Waals surface area contributed by atoms with Crippen molar-refractivity contribution >= 4 is 58.1 Å². The highest BCUT2D eigenvalue weighted by molar-refractivity contribution is 8.26. The minimum absolute atomic E-state index is 0.0795. The van der Waals surface area contributed by atoms with Crippen LogP contribution in [0.5, 0.6) is 5.75 Å². The summed E-state index contributed by atoms with van der Waals surface area (Å²) in [7, 11) is 0. The number of benzene rings is 4. The summed E-state index contributed by atoms with van der Waals surface area (Å²) in [6.07, 6.45) is 1.58. The maximum Gasteiger partial charge on any atom is 0.323 e. The van der Waals surface area contributed by atoms with Crippen LogP contribution in [0.25, 0.3) is 6.08 Å². The molecule has 1 saturated heterocycles. The summed E-state index contributed by atoms with van der Waals surface area (Å²) in [6, 6.07) is 32.7. The molecular weight excluding hydrogens is 649 g/mol. The number of carboxylic acids is 1. The summed E-state index contributed by atoms with van der Waals surface area (Å²) in [5.74, 6) is -2.26. The highest BCUT2D eigenvalue weighted by Gasteiger charge is 2.34. The van der Waals surface area contributed by atoms with Crippen molar-refractivity contribution in [1.82, 2.24) is 9.80 Å². The van der Waals surface area contributed by atoms with Crippen LogP contribution in [0.3, 0.4) is 0 Å². The van der Waals surface area contributed by atoms with Crippen molar-refractivity contribution in [1.29, 1.82) is 0 Å². The fourth-order valence-electron chi connectivity index (χ4n) is 5.08. The molecule has 0 saturated carbocycles. The first-order chi connectivity index (χ1) is 23.2. The topological polar surface area (TPSA) is 113 Å². The van der Waals surface area contributed by atoms with E-state index in [1.165, 1.54) is 6.92 Å². The van der Waals surface area contributed by atoms with Gasteiger partial charge in [0.1, 0.15) is 29.8 Å². The summed E-state index contributed by atoms with van der Waals surface area (Å²) in [4.78, 5) is 54.1. The van der Waals surface area contributed by atoms with E-state index in [0.29, 0.717) is 11.3 Å². The molecule has 9 nitrogen and oxygen atoms in total. The second-order valence-electron chi connectivity index (χ2n) is 10.8. The van der Waals surface area contributed by atoms with Crippen LogP contribution in [-0.2, 0) is 32.3 Å². The number of hydrogen-bond acceptors (Lipinski definition) is 8. The van der Waals surface area contributed by atoms with Crippen LogP contribution in [0.15, 0.2) is 114 Å². The van der Waals surface area contributed by atoms with E-state index in [0.717, 1.165) is 33.4 Å². The van der Waals surface area contributed by atoms with Gasteiger partial charge in [0, 0.05) is 13.5 Å². The SMILES string of the molecule is CC(=O)OCC(c1ccccc1)N(Cc1ccccc1)C(=O)c1cc(/C=C2\SC(=S)N(CC(=O)O)C2=O)ccc1OCc1ccccc1. The number of aliphatic carboxylic acids is 1. The van der Waals surface area contributed by atoms with Crippen LogP contribution in [-0.4, -0.2) is 56.1 Å². The van der Waals surface area contributed by atoms with E-state index >= 15 is 0 Å². The predicted octanol–water partition coefficient (Wildman–Crippen LogP) is 6.50. The van der Waals surface area contributed by atoms with E-state index in [1.54, 1.807) is 29.2 Å². The Bertz CT molecular complexity index is 1830. The van der Waals surface area contributed by atoms with Crippen molar-refractivity contribution in [2.45, 2.75) is 26.1 Å². The number of nitrogens with zero attached hydrogens (tertiary/aromatic N) is 2. The van der Waals surface area contributed by atoms with Crippen molar-refractivity contribution in [3.63, 3.8) is 0 Å². The van der Waals surface area contributed by atoms with Gasteiger partial charge in [0.15, 0.2) is 0 Å². The molecule has 48 heavy (non-hydrogen) atoms. The van der Waals surface area contributed by atoms with E-state index in [1.807, 2.05) is 91.0 Å². The first-order valence-corrected chi connectivity index (χ1v) is 16.2. The maximum absolute atomic E-state index is 14.8. The average Bonchev–Trinajstić information content (AvgIpc) is 3.34. The number of hydrogen-bond donors (Lipinski definition) is 1. The molecule has 1 aliphatic heterocycles. The number of thioether (sulfide) groups is 1. The highest BCUT2D eigenvalue weighted by Crippen LogP contribution is 2.34.